The number of hydrogen-bond donors (Lipinski definition) is 3. The zero-order valence-corrected chi connectivity index (χ0v) is 11.3. The summed E-state index contributed by atoms with van der Waals surface area (Å²) in [5.41, 5.74) is 1.00. The predicted molar refractivity (Wildman–Crippen MR) is 77.1 cm³/mol. The molecular weight excluding hydrogens is 278 g/mol. The number of rotatable bonds is 4. The Bertz CT molecular complexity index is 601. The van der Waals surface area contributed by atoms with Crippen molar-refractivity contribution in [3.63, 3.8) is 0 Å². The molecule has 0 saturated carbocycles. The van der Waals surface area contributed by atoms with Crippen LogP contribution in [0.3, 0.4) is 0 Å². The number of alkyl halides is 1. The Labute approximate surface area is 121 Å². The maximum absolute atomic E-state index is 11.9. The average molecular weight is 292 g/mol. The maximum Gasteiger partial charge on any atom is 0.255 e. The molecule has 0 radical (unpaired) electrons. The number of carbonyl (C=O) groups is 1. The lowest BCUT2D eigenvalue weighted by Crippen LogP contribution is -2.26. The standard InChI is InChI=1S/C15H14ClNO3/c16-13(10-4-2-1-3-5-10)9-17-15(20)12-7-6-11(18)8-14(12)19/h1-8,13,18-19H,9H2,(H,17,20). The van der Waals surface area contributed by atoms with Crippen molar-refractivity contribution in [1.29, 1.82) is 0 Å². The Morgan fingerprint density at radius 3 is 2.50 bits per heavy atom. The first-order valence-electron chi connectivity index (χ1n) is 6.07. The minimum absolute atomic E-state index is 0.0970. The molecule has 0 aliphatic rings. The minimum Gasteiger partial charge on any atom is -0.508 e. The Kier molecular flexibility index (Phi) is 4.48. The number of amides is 1. The summed E-state index contributed by atoms with van der Waals surface area (Å²) in [5, 5.41) is 21.1. The van der Waals surface area contributed by atoms with E-state index in [0.717, 1.165) is 11.6 Å². The van der Waals surface area contributed by atoms with Gasteiger partial charge in [0.1, 0.15) is 11.5 Å². The number of phenols is 2. The van der Waals surface area contributed by atoms with Crippen molar-refractivity contribution in [3.8, 4) is 11.5 Å². The fourth-order valence-electron chi connectivity index (χ4n) is 1.77. The van der Waals surface area contributed by atoms with E-state index in [4.69, 9.17) is 11.6 Å². The van der Waals surface area contributed by atoms with E-state index >= 15 is 0 Å². The van der Waals surface area contributed by atoms with Gasteiger partial charge in [-0.3, -0.25) is 4.79 Å². The van der Waals surface area contributed by atoms with Crippen molar-refractivity contribution in [2.45, 2.75) is 5.38 Å². The summed E-state index contributed by atoms with van der Waals surface area (Å²) in [6.07, 6.45) is 0. The number of hydrogen-bond acceptors (Lipinski definition) is 3. The molecule has 2 aromatic rings. The third kappa shape index (κ3) is 3.42. The fraction of sp³-hybridized carbons (Fsp3) is 0.133. The van der Waals surface area contributed by atoms with Crippen molar-refractivity contribution < 1.29 is 15.0 Å². The molecule has 3 N–H and O–H groups in total. The van der Waals surface area contributed by atoms with Crippen LogP contribution in [0, 0.1) is 0 Å². The summed E-state index contributed by atoms with van der Waals surface area (Å²) >= 11 is 6.19. The summed E-state index contributed by atoms with van der Waals surface area (Å²) in [4.78, 5) is 11.9. The van der Waals surface area contributed by atoms with E-state index in [0.29, 0.717) is 0 Å². The number of phenolic OH excluding ortho intramolecular Hbond substituents is 2. The topological polar surface area (TPSA) is 69.6 Å². The largest absolute Gasteiger partial charge is 0.508 e. The second-order valence-corrected chi connectivity index (χ2v) is 4.82. The smallest absolute Gasteiger partial charge is 0.255 e. The van der Waals surface area contributed by atoms with Gasteiger partial charge >= 0.3 is 0 Å². The molecule has 104 valence electrons. The first-order chi connectivity index (χ1) is 9.58. The molecule has 1 atom stereocenters. The van der Waals surface area contributed by atoms with Gasteiger partial charge < -0.3 is 15.5 Å². The Balaban J connectivity index is 1.99. The van der Waals surface area contributed by atoms with Crippen LogP contribution < -0.4 is 5.32 Å². The SMILES string of the molecule is O=C(NCC(Cl)c1ccccc1)c1ccc(O)cc1O. The molecular formula is C15H14ClNO3. The molecule has 0 aromatic heterocycles. The third-order valence-corrected chi connectivity index (χ3v) is 3.24. The summed E-state index contributed by atoms with van der Waals surface area (Å²) in [7, 11) is 0. The van der Waals surface area contributed by atoms with E-state index in [2.05, 4.69) is 5.32 Å². The molecule has 4 nitrogen and oxygen atoms in total. The van der Waals surface area contributed by atoms with E-state index in [9.17, 15) is 15.0 Å². The highest BCUT2D eigenvalue weighted by atomic mass is 35.5. The molecule has 0 fully saturated rings. The summed E-state index contributed by atoms with van der Waals surface area (Å²) in [6.45, 7) is 0.241. The van der Waals surface area contributed by atoms with Crippen LogP contribution in [0.4, 0.5) is 0 Å². The molecule has 2 aromatic carbocycles. The fourth-order valence-corrected chi connectivity index (χ4v) is 1.99. The zero-order chi connectivity index (χ0) is 14.5. The molecule has 5 heteroatoms. The van der Waals surface area contributed by atoms with Gasteiger partial charge in [-0.15, -0.1) is 11.6 Å². The second kappa shape index (κ2) is 6.30. The lowest BCUT2D eigenvalue weighted by Gasteiger charge is -2.12. The predicted octanol–water partition coefficient (Wildman–Crippen LogP) is 2.81. The van der Waals surface area contributed by atoms with Crippen molar-refractivity contribution in [2.24, 2.45) is 0 Å². The Hall–Kier alpha value is -2.20. The van der Waals surface area contributed by atoms with Crippen LogP contribution in [-0.4, -0.2) is 22.7 Å². The molecule has 1 amide bonds. The van der Waals surface area contributed by atoms with Crippen molar-refractivity contribution in [1.82, 2.24) is 5.32 Å². The van der Waals surface area contributed by atoms with E-state index in [-0.39, 0.29) is 29.0 Å². The van der Waals surface area contributed by atoms with Gasteiger partial charge in [-0.25, -0.2) is 0 Å². The van der Waals surface area contributed by atoms with E-state index in [1.54, 1.807) is 0 Å². The van der Waals surface area contributed by atoms with Gasteiger partial charge in [-0.05, 0) is 17.7 Å². The number of benzene rings is 2. The van der Waals surface area contributed by atoms with Crippen molar-refractivity contribution in [2.75, 3.05) is 6.54 Å². The van der Waals surface area contributed by atoms with Gasteiger partial charge in [0.15, 0.2) is 0 Å². The van der Waals surface area contributed by atoms with Gasteiger partial charge in [0.05, 0.1) is 10.9 Å². The van der Waals surface area contributed by atoms with Crippen molar-refractivity contribution >= 4 is 17.5 Å². The second-order valence-electron chi connectivity index (χ2n) is 4.29. The van der Waals surface area contributed by atoms with Crippen LogP contribution in [0.1, 0.15) is 21.3 Å². The molecule has 20 heavy (non-hydrogen) atoms. The minimum atomic E-state index is -0.441. The monoisotopic (exact) mass is 291 g/mol. The molecule has 0 saturated heterocycles. The Morgan fingerprint density at radius 2 is 1.85 bits per heavy atom. The lowest BCUT2D eigenvalue weighted by molar-refractivity contribution is 0.0951. The maximum atomic E-state index is 11.9. The molecule has 1 unspecified atom stereocenters. The lowest BCUT2D eigenvalue weighted by atomic mass is 10.1. The van der Waals surface area contributed by atoms with Crippen LogP contribution in [0.5, 0.6) is 11.5 Å². The van der Waals surface area contributed by atoms with E-state index < -0.39 is 5.91 Å². The zero-order valence-electron chi connectivity index (χ0n) is 10.6. The molecule has 0 spiro atoms. The summed E-state index contributed by atoms with van der Waals surface area (Å²) in [6, 6.07) is 13.2. The Morgan fingerprint density at radius 1 is 1.15 bits per heavy atom. The first-order valence-corrected chi connectivity index (χ1v) is 6.51. The normalized spacial score (nSPS) is 11.8. The number of carbonyl (C=O) groups excluding carboxylic acids is 1. The molecule has 0 aliphatic heterocycles. The van der Waals surface area contributed by atoms with Gasteiger partial charge in [0, 0.05) is 12.6 Å². The number of nitrogens with one attached hydrogen (secondary N) is 1. The summed E-state index contributed by atoms with van der Waals surface area (Å²) in [5.74, 6) is -0.809. The molecule has 0 bridgehead atoms. The number of aromatic hydroxyl groups is 2. The van der Waals surface area contributed by atoms with Gasteiger partial charge in [-0.2, -0.15) is 0 Å². The average Bonchev–Trinajstić information content (AvgIpc) is 2.45. The van der Waals surface area contributed by atoms with Gasteiger partial charge in [-0.1, -0.05) is 30.3 Å². The van der Waals surface area contributed by atoms with Crippen LogP contribution in [0.25, 0.3) is 0 Å². The quantitative estimate of drug-likeness (QED) is 0.759. The van der Waals surface area contributed by atoms with Crippen molar-refractivity contribution in [3.05, 3.63) is 59.7 Å². The highest BCUT2D eigenvalue weighted by Gasteiger charge is 2.14. The van der Waals surface area contributed by atoms with Crippen LogP contribution in [-0.2, 0) is 0 Å². The molecule has 2 rings (SSSR count). The van der Waals surface area contributed by atoms with E-state index in [1.807, 2.05) is 30.3 Å². The van der Waals surface area contributed by atoms with Crippen LogP contribution in [0.2, 0.25) is 0 Å². The van der Waals surface area contributed by atoms with Crippen LogP contribution >= 0.6 is 11.6 Å². The first kappa shape index (κ1) is 14.2. The van der Waals surface area contributed by atoms with E-state index in [1.165, 1.54) is 12.1 Å². The summed E-state index contributed by atoms with van der Waals surface area (Å²) < 4.78 is 0. The molecule has 0 heterocycles. The van der Waals surface area contributed by atoms with Crippen LogP contribution in [0.15, 0.2) is 48.5 Å². The molecule has 0 aliphatic carbocycles. The number of halogens is 1. The van der Waals surface area contributed by atoms with Gasteiger partial charge in [0.25, 0.3) is 5.91 Å². The highest BCUT2D eigenvalue weighted by molar-refractivity contribution is 6.21. The van der Waals surface area contributed by atoms with Gasteiger partial charge in [0.2, 0.25) is 0 Å². The highest BCUT2D eigenvalue weighted by Crippen LogP contribution is 2.23. The third-order valence-electron chi connectivity index (χ3n) is 2.83.